The molecule has 0 saturated heterocycles. The Morgan fingerprint density at radius 1 is 0.967 bits per heavy atom. The molecule has 4 rings (SSSR count). The molecule has 0 saturated carbocycles. The Morgan fingerprint density at radius 3 is 2.37 bits per heavy atom. The number of carbonyl (C=O) groups excluding carboxylic acids is 1. The molecule has 1 N–H and O–H groups in total. The summed E-state index contributed by atoms with van der Waals surface area (Å²) in [5.74, 6) is -0.435. The molecule has 6 nitrogen and oxygen atoms in total. The second-order valence-electron chi connectivity index (χ2n) is 7.15. The molecule has 0 fully saturated rings. The van der Waals surface area contributed by atoms with E-state index < -0.39 is 15.9 Å². The number of fused-ring (bicyclic) bond motifs is 3. The summed E-state index contributed by atoms with van der Waals surface area (Å²) < 4.78 is 31.5. The molecule has 7 heteroatoms. The van der Waals surface area contributed by atoms with Crippen LogP contribution in [0.25, 0.3) is 21.9 Å². The van der Waals surface area contributed by atoms with Crippen LogP contribution in [0.3, 0.4) is 0 Å². The van der Waals surface area contributed by atoms with E-state index in [1.54, 1.807) is 24.3 Å². The second-order valence-corrected chi connectivity index (χ2v) is 9.05. The molecule has 154 valence electrons. The third-order valence-electron chi connectivity index (χ3n) is 4.98. The summed E-state index contributed by atoms with van der Waals surface area (Å²) in [6.07, 6.45) is 1.94. The van der Waals surface area contributed by atoms with Gasteiger partial charge in [0.15, 0.2) is 0 Å². The van der Waals surface area contributed by atoms with Crippen LogP contribution >= 0.6 is 0 Å². The Hall–Kier alpha value is -3.32. The Balaban J connectivity index is 1.56. The van der Waals surface area contributed by atoms with Crippen molar-refractivity contribution in [3.63, 3.8) is 0 Å². The summed E-state index contributed by atoms with van der Waals surface area (Å²) in [7, 11) is -3.62. The van der Waals surface area contributed by atoms with Crippen LogP contribution in [-0.2, 0) is 21.2 Å². The fourth-order valence-electron chi connectivity index (χ4n) is 3.43. The second kappa shape index (κ2) is 7.84. The number of rotatable bonds is 6. The standard InChI is InChI=1S/C23H22N2O4S/c1-3-16-8-11-18(12-9-16)25(30(2,27)28)15-23(26)24-17-10-13-20-19-6-4-5-7-21(19)29-22(20)14-17/h4-14H,3,15H2,1-2H3,(H,24,26). The highest BCUT2D eigenvalue weighted by Crippen LogP contribution is 2.30. The molecule has 0 spiro atoms. The molecular weight excluding hydrogens is 400 g/mol. The summed E-state index contributed by atoms with van der Waals surface area (Å²) in [5.41, 5.74) is 3.52. The normalized spacial score (nSPS) is 11.7. The Kier molecular flexibility index (Phi) is 5.22. The van der Waals surface area contributed by atoms with Gasteiger partial charge in [-0.2, -0.15) is 0 Å². The van der Waals surface area contributed by atoms with Gasteiger partial charge in [0, 0.05) is 22.5 Å². The van der Waals surface area contributed by atoms with Gasteiger partial charge in [-0.25, -0.2) is 8.42 Å². The summed E-state index contributed by atoms with van der Waals surface area (Å²) >= 11 is 0. The Bertz CT molecular complexity index is 1320. The van der Waals surface area contributed by atoms with Crippen LogP contribution in [0.2, 0.25) is 0 Å². The molecule has 0 radical (unpaired) electrons. The molecule has 0 aliphatic rings. The molecule has 0 bridgehead atoms. The molecule has 3 aromatic carbocycles. The van der Waals surface area contributed by atoms with E-state index in [4.69, 9.17) is 4.42 Å². The molecule has 1 amide bonds. The first-order valence-electron chi connectivity index (χ1n) is 9.63. The van der Waals surface area contributed by atoms with Crippen molar-refractivity contribution in [3.05, 3.63) is 72.3 Å². The molecule has 0 unspecified atom stereocenters. The van der Waals surface area contributed by atoms with Crippen molar-refractivity contribution < 1.29 is 17.6 Å². The van der Waals surface area contributed by atoms with Crippen LogP contribution in [0.15, 0.2) is 71.1 Å². The van der Waals surface area contributed by atoms with Crippen molar-refractivity contribution in [3.8, 4) is 0 Å². The zero-order valence-electron chi connectivity index (χ0n) is 16.8. The Morgan fingerprint density at radius 2 is 1.67 bits per heavy atom. The monoisotopic (exact) mass is 422 g/mol. The van der Waals surface area contributed by atoms with Gasteiger partial charge in [0.25, 0.3) is 0 Å². The van der Waals surface area contributed by atoms with Gasteiger partial charge in [-0.15, -0.1) is 0 Å². The van der Waals surface area contributed by atoms with E-state index in [0.717, 1.165) is 38.9 Å². The maximum atomic E-state index is 12.6. The smallest absolute Gasteiger partial charge is 0.245 e. The van der Waals surface area contributed by atoms with Crippen molar-refractivity contribution in [2.45, 2.75) is 13.3 Å². The topological polar surface area (TPSA) is 79.6 Å². The van der Waals surface area contributed by atoms with Crippen LogP contribution in [0, 0.1) is 0 Å². The number of furan rings is 1. The highest BCUT2D eigenvalue weighted by Gasteiger charge is 2.21. The lowest BCUT2D eigenvalue weighted by Crippen LogP contribution is -2.37. The predicted molar refractivity (Wildman–Crippen MR) is 120 cm³/mol. The van der Waals surface area contributed by atoms with Gasteiger partial charge in [0.2, 0.25) is 15.9 Å². The van der Waals surface area contributed by atoms with E-state index in [2.05, 4.69) is 5.32 Å². The molecule has 1 heterocycles. The van der Waals surface area contributed by atoms with Gasteiger partial charge in [-0.05, 0) is 42.3 Å². The van der Waals surface area contributed by atoms with Gasteiger partial charge in [0.1, 0.15) is 17.7 Å². The lowest BCUT2D eigenvalue weighted by molar-refractivity contribution is -0.114. The van der Waals surface area contributed by atoms with E-state index in [0.29, 0.717) is 17.0 Å². The van der Waals surface area contributed by atoms with Crippen LogP contribution < -0.4 is 9.62 Å². The van der Waals surface area contributed by atoms with Crippen molar-refractivity contribution in [2.24, 2.45) is 0 Å². The number of sulfonamides is 1. The molecule has 1 aromatic heterocycles. The van der Waals surface area contributed by atoms with Crippen LogP contribution in [-0.4, -0.2) is 27.1 Å². The third kappa shape index (κ3) is 4.02. The first-order chi connectivity index (χ1) is 14.3. The van der Waals surface area contributed by atoms with Crippen LogP contribution in [0.4, 0.5) is 11.4 Å². The van der Waals surface area contributed by atoms with E-state index in [9.17, 15) is 13.2 Å². The van der Waals surface area contributed by atoms with Gasteiger partial charge >= 0.3 is 0 Å². The third-order valence-corrected chi connectivity index (χ3v) is 6.12. The quantitative estimate of drug-likeness (QED) is 0.494. The van der Waals surface area contributed by atoms with E-state index in [1.165, 1.54) is 0 Å². The average Bonchev–Trinajstić information content (AvgIpc) is 3.09. The summed E-state index contributed by atoms with van der Waals surface area (Å²) in [6, 6.07) is 20.3. The number of amides is 1. The lowest BCUT2D eigenvalue weighted by Gasteiger charge is -2.22. The fraction of sp³-hybridized carbons (Fsp3) is 0.174. The number of anilines is 2. The lowest BCUT2D eigenvalue weighted by atomic mass is 10.1. The maximum Gasteiger partial charge on any atom is 0.245 e. The first kappa shape index (κ1) is 20.0. The van der Waals surface area contributed by atoms with E-state index in [1.807, 2.05) is 49.4 Å². The largest absolute Gasteiger partial charge is 0.456 e. The highest BCUT2D eigenvalue weighted by atomic mass is 32.2. The number of carbonyl (C=O) groups is 1. The minimum absolute atomic E-state index is 0.317. The van der Waals surface area contributed by atoms with Gasteiger partial charge < -0.3 is 9.73 Å². The van der Waals surface area contributed by atoms with Crippen molar-refractivity contribution in [2.75, 3.05) is 22.4 Å². The van der Waals surface area contributed by atoms with Gasteiger partial charge in [-0.1, -0.05) is 37.3 Å². The minimum atomic E-state index is -3.62. The number of hydrogen-bond donors (Lipinski definition) is 1. The molecule has 0 aliphatic heterocycles. The molecule has 0 aliphatic carbocycles. The zero-order valence-corrected chi connectivity index (χ0v) is 17.6. The van der Waals surface area contributed by atoms with Crippen molar-refractivity contribution in [1.82, 2.24) is 0 Å². The average molecular weight is 423 g/mol. The van der Waals surface area contributed by atoms with Gasteiger partial charge in [0.05, 0.1) is 11.9 Å². The van der Waals surface area contributed by atoms with Crippen LogP contribution in [0.5, 0.6) is 0 Å². The van der Waals surface area contributed by atoms with E-state index in [-0.39, 0.29) is 6.54 Å². The summed E-state index contributed by atoms with van der Waals surface area (Å²) in [5, 5.41) is 4.73. The number of aryl methyl sites for hydroxylation is 1. The Labute approximate surface area is 175 Å². The molecule has 0 atom stereocenters. The fourth-order valence-corrected chi connectivity index (χ4v) is 4.29. The number of nitrogens with one attached hydrogen (secondary N) is 1. The van der Waals surface area contributed by atoms with Crippen molar-refractivity contribution in [1.29, 1.82) is 0 Å². The number of para-hydroxylation sites is 1. The van der Waals surface area contributed by atoms with Crippen LogP contribution in [0.1, 0.15) is 12.5 Å². The summed E-state index contributed by atoms with van der Waals surface area (Å²) in [6.45, 7) is 1.71. The minimum Gasteiger partial charge on any atom is -0.456 e. The maximum absolute atomic E-state index is 12.6. The first-order valence-corrected chi connectivity index (χ1v) is 11.5. The van der Waals surface area contributed by atoms with Crippen molar-refractivity contribution >= 4 is 49.2 Å². The summed E-state index contributed by atoms with van der Waals surface area (Å²) in [4.78, 5) is 12.6. The zero-order chi connectivity index (χ0) is 21.3. The molecular formula is C23H22N2O4S. The SMILES string of the molecule is CCc1ccc(N(CC(=O)Nc2ccc3c(c2)oc2ccccc23)S(C)(=O)=O)cc1. The predicted octanol–water partition coefficient (Wildman–Crippen LogP) is 4.55. The molecule has 30 heavy (non-hydrogen) atoms. The number of nitrogens with zero attached hydrogens (tertiary/aromatic N) is 1. The van der Waals surface area contributed by atoms with Gasteiger partial charge in [-0.3, -0.25) is 9.10 Å². The van der Waals surface area contributed by atoms with E-state index >= 15 is 0 Å². The molecule has 4 aromatic rings. The number of hydrogen-bond acceptors (Lipinski definition) is 4. The highest BCUT2D eigenvalue weighted by molar-refractivity contribution is 7.92. The number of benzene rings is 3.